The Morgan fingerprint density at radius 1 is 1.25 bits per heavy atom. The number of rotatable bonds is 8. The summed E-state index contributed by atoms with van der Waals surface area (Å²) in [6.07, 6.45) is 3.37. The second-order valence-corrected chi connectivity index (χ2v) is 6.87. The third kappa shape index (κ3) is 4.99. The second-order valence-electron chi connectivity index (χ2n) is 5.89. The lowest BCUT2D eigenvalue weighted by Gasteiger charge is -2.34. The summed E-state index contributed by atoms with van der Waals surface area (Å²) < 4.78 is 0. The van der Waals surface area contributed by atoms with Crippen LogP contribution in [-0.4, -0.2) is 47.0 Å². The van der Waals surface area contributed by atoms with E-state index in [1.165, 1.54) is 0 Å². The highest BCUT2D eigenvalue weighted by Gasteiger charge is 2.36. The number of carboxylic acid groups (broad SMARTS) is 1. The highest BCUT2D eigenvalue weighted by atomic mass is 32.2. The molecule has 1 unspecified atom stereocenters. The van der Waals surface area contributed by atoms with E-state index in [1.807, 2.05) is 12.3 Å². The summed E-state index contributed by atoms with van der Waals surface area (Å²) in [5, 5.41) is 14.5. The predicted octanol–water partition coefficient (Wildman–Crippen LogP) is 1.52. The lowest BCUT2D eigenvalue weighted by atomic mass is 9.80. The van der Waals surface area contributed by atoms with E-state index in [0.29, 0.717) is 24.8 Å². The van der Waals surface area contributed by atoms with Crippen molar-refractivity contribution >= 4 is 29.5 Å². The third-order valence-electron chi connectivity index (χ3n) is 4.10. The summed E-state index contributed by atoms with van der Waals surface area (Å²) in [6, 6.07) is 8.02. The molecule has 0 heterocycles. The van der Waals surface area contributed by atoms with Crippen LogP contribution in [0.2, 0.25) is 0 Å². The first kappa shape index (κ1) is 18.3. The minimum atomic E-state index is -0.822. The van der Waals surface area contributed by atoms with Crippen LogP contribution in [0.25, 0.3) is 0 Å². The van der Waals surface area contributed by atoms with Gasteiger partial charge in [0.2, 0.25) is 5.91 Å². The number of benzene rings is 1. The Kier molecular flexibility index (Phi) is 6.66. The van der Waals surface area contributed by atoms with Crippen LogP contribution in [-0.2, 0) is 9.59 Å². The van der Waals surface area contributed by atoms with Crippen LogP contribution in [0, 0.1) is 5.92 Å². The molecule has 1 aliphatic rings. The molecule has 0 bridgehead atoms. The molecule has 1 aliphatic carbocycles. The Morgan fingerprint density at radius 2 is 1.92 bits per heavy atom. The molecule has 6 nitrogen and oxygen atoms in total. The van der Waals surface area contributed by atoms with Crippen molar-refractivity contribution in [2.75, 3.05) is 12.0 Å². The van der Waals surface area contributed by atoms with E-state index < -0.39 is 12.0 Å². The molecule has 1 saturated carbocycles. The van der Waals surface area contributed by atoms with Crippen LogP contribution in [0.5, 0.6) is 0 Å². The van der Waals surface area contributed by atoms with Gasteiger partial charge in [-0.15, -0.1) is 0 Å². The molecule has 0 aliphatic heterocycles. The molecule has 0 spiro atoms. The van der Waals surface area contributed by atoms with E-state index in [-0.39, 0.29) is 23.8 Å². The molecule has 1 aromatic rings. The van der Waals surface area contributed by atoms with Gasteiger partial charge in [0.05, 0.1) is 5.92 Å². The van der Waals surface area contributed by atoms with Crippen LogP contribution in [0.4, 0.5) is 0 Å². The zero-order valence-electron chi connectivity index (χ0n) is 13.5. The molecule has 130 valence electrons. The van der Waals surface area contributed by atoms with Gasteiger partial charge in [-0.1, -0.05) is 18.2 Å². The Hall–Kier alpha value is -2.02. The van der Waals surface area contributed by atoms with Gasteiger partial charge in [-0.25, -0.2) is 0 Å². The molecule has 7 heteroatoms. The van der Waals surface area contributed by atoms with E-state index in [2.05, 4.69) is 10.6 Å². The molecular formula is C17H22N2O4S. The van der Waals surface area contributed by atoms with Crippen molar-refractivity contribution in [2.45, 2.75) is 31.3 Å². The first-order valence-electron chi connectivity index (χ1n) is 7.89. The lowest BCUT2D eigenvalue weighted by Crippen LogP contribution is -2.53. The normalized spacial score (nSPS) is 20.5. The Labute approximate surface area is 145 Å². The maximum atomic E-state index is 12.4. The van der Waals surface area contributed by atoms with Gasteiger partial charge in [0.15, 0.2) is 0 Å². The third-order valence-corrected chi connectivity index (χ3v) is 4.75. The van der Waals surface area contributed by atoms with Crippen LogP contribution >= 0.6 is 11.8 Å². The van der Waals surface area contributed by atoms with E-state index in [1.54, 1.807) is 36.0 Å². The smallest absolute Gasteiger partial charge is 0.306 e. The molecule has 1 fully saturated rings. The molecule has 1 atom stereocenters. The minimum Gasteiger partial charge on any atom is -0.481 e. The zero-order valence-corrected chi connectivity index (χ0v) is 14.3. The van der Waals surface area contributed by atoms with Gasteiger partial charge in [-0.2, -0.15) is 11.8 Å². The number of hydrogen-bond donors (Lipinski definition) is 3. The first-order chi connectivity index (χ1) is 11.5. The van der Waals surface area contributed by atoms with E-state index in [0.717, 1.165) is 5.75 Å². The van der Waals surface area contributed by atoms with Crippen molar-refractivity contribution in [2.24, 2.45) is 5.92 Å². The Morgan fingerprint density at radius 3 is 2.50 bits per heavy atom. The van der Waals surface area contributed by atoms with Gasteiger partial charge in [0.1, 0.15) is 6.04 Å². The van der Waals surface area contributed by atoms with Crippen molar-refractivity contribution in [1.29, 1.82) is 0 Å². The zero-order chi connectivity index (χ0) is 17.5. The average molecular weight is 350 g/mol. The number of carbonyl (C=O) groups is 3. The molecule has 2 rings (SSSR count). The number of aliphatic carboxylic acids is 1. The standard InChI is InChI=1S/C17H22N2O4S/c1-24-8-7-14(19-15(20)11-5-3-2-4-6-11)16(21)18-13-9-12(10-13)17(22)23/h2-6,12-14H,7-10H2,1H3,(H,18,21)(H,19,20)(H,22,23). The average Bonchev–Trinajstić information content (AvgIpc) is 2.54. The molecule has 24 heavy (non-hydrogen) atoms. The molecule has 2 amide bonds. The van der Waals surface area contributed by atoms with E-state index in [9.17, 15) is 14.4 Å². The van der Waals surface area contributed by atoms with Crippen LogP contribution in [0.3, 0.4) is 0 Å². The fourth-order valence-electron chi connectivity index (χ4n) is 2.57. The quantitative estimate of drug-likeness (QED) is 0.661. The summed E-state index contributed by atoms with van der Waals surface area (Å²) in [6.45, 7) is 0. The molecule has 0 radical (unpaired) electrons. The fraction of sp³-hybridized carbons (Fsp3) is 0.471. The minimum absolute atomic E-state index is 0.121. The van der Waals surface area contributed by atoms with Crippen LogP contribution in [0.1, 0.15) is 29.6 Å². The number of thioether (sulfide) groups is 1. The van der Waals surface area contributed by atoms with Crippen LogP contribution in [0.15, 0.2) is 30.3 Å². The van der Waals surface area contributed by atoms with Crippen molar-refractivity contribution < 1.29 is 19.5 Å². The topological polar surface area (TPSA) is 95.5 Å². The molecular weight excluding hydrogens is 328 g/mol. The fourth-order valence-corrected chi connectivity index (χ4v) is 3.05. The van der Waals surface area contributed by atoms with Crippen LogP contribution < -0.4 is 10.6 Å². The number of carbonyl (C=O) groups excluding carboxylic acids is 2. The number of carboxylic acids is 1. The number of nitrogens with one attached hydrogen (secondary N) is 2. The summed E-state index contributed by atoms with van der Waals surface area (Å²) in [4.78, 5) is 35.5. The largest absolute Gasteiger partial charge is 0.481 e. The Balaban J connectivity index is 1.91. The lowest BCUT2D eigenvalue weighted by molar-refractivity contribution is -0.146. The summed E-state index contributed by atoms with van der Waals surface area (Å²) in [5.74, 6) is -0.984. The van der Waals surface area contributed by atoms with Crippen molar-refractivity contribution in [3.8, 4) is 0 Å². The monoisotopic (exact) mass is 350 g/mol. The van der Waals surface area contributed by atoms with Gasteiger partial charge >= 0.3 is 5.97 Å². The van der Waals surface area contributed by atoms with Gasteiger partial charge in [-0.05, 0) is 43.4 Å². The van der Waals surface area contributed by atoms with Gasteiger partial charge in [-0.3, -0.25) is 14.4 Å². The molecule has 0 saturated heterocycles. The Bertz CT molecular complexity index is 588. The molecule has 3 N–H and O–H groups in total. The summed E-state index contributed by atoms with van der Waals surface area (Å²) in [5.41, 5.74) is 0.508. The van der Waals surface area contributed by atoms with Gasteiger partial charge < -0.3 is 15.7 Å². The molecule has 0 aromatic heterocycles. The summed E-state index contributed by atoms with van der Waals surface area (Å²) >= 11 is 1.60. The summed E-state index contributed by atoms with van der Waals surface area (Å²) in [7, 11) is 0. The molecule has 1 aromatic carbocycles. The first-order valence-corrected chi connectivity index (χ1v) is 9.28. The highest BCUT2D eigenvalue weighted by molar-refractivity contribution is 7.98. The van der Waals surface area contributed by atoms with Crippen molar-refractivity contribution in [1.82, 2.24) is 10.6 Å². The number of hydrogen-bond acceptors (Lipinski definition) is 4. The highest BCUT2D eigenvalue weighted by Crippen LogP contribution is 2.27. The van der Waals surface area contributed by atoms with Gasteiger partial charge in [0.25, 0.3) is 5.91 Å². The number of amides is 2. The second kappa shape index (κ2) is 8.73. The van der Waals surface area contributed by atoms with Crippen molar-refractivity contribution in [3.63, 3.8) is 0 Å². The SMILES string of the molecule is CSCCC(NC(=O)c1ccccc1)C(=O)NC1CC(C(=O)O)C1. The van der Waals surface area contributed by atoms with E-state index in [4.69, 9.17) is 5.11 Å². The van der Waals surface area contributed by atoms with E-state index >= 15 is 0 Å². The maximum absolute atomic E-state index is 12.4. The van der Waals surface area contributed by atoms with Crippen molar-refractivity contribution in [3.05, 3.63) is 35.9 Å². The maximum Gasteiger partial charge on any atom is 0.306 e. The van der Waals surface area contributed by atoms with Gasteiger partial charge in [0, 0.05) is 11.6 Å². The predicted molar refractivity (Wildman–Crippen MR) is 93.0 cm³/mol.